The molecule has 1 aromatic heterocycles. The van der Waals surface area contributed by atoms with E-state index < -0.39 is 33.1 Å². The summed E-state index contributed by atoms with van der Waals surface area (Å²) in [7, 11) is -3.16. The van der Waals surface area contributed by atoms with Crippen LogP contribution in [0.25, 0.3) is 5.69 Å². The van der Waals surface area contributed by atoms with Gasteiger partial charge in [0.2, 0.25) is 5.69 Å². The minimum absolute atomic E-state index is 0.00835. The summed E-state index contributed by atoms with van der Waals surface area (Å²) in [6.45, 7) is 3.29. The Kier molecular flexibility index (Phi) is 6.99. The van der Waals surface area contributed by atoms with Gasteiger partial charge in [-0.25, -0.2) is 4.79 Å². The fourth-order valence-corrected chi connectivity index (χ4v) is 4.35. The summed E-state index contributed by atoms with van der Waals surface area (Å²) < 4.78 is 42.9. The second-order valence-corrected chi connectivity index (χ2v) is 8.93. The third-order valence-corrected chi connectivity index (χ3v) is 5.96. The van der Waals surface area contributed by atoms with E-state index in [1.165, 1.54) is 19.2 Å². The summed E-state index contributed by atoms with van der Waals surface area (Å²) in [4.78, 5) is 25.0. The highest BCUT2D eigenvalue weighted by Gasteiger charge is 2.28. The summed E-state index contributed by atoms with van der Waals surface area (Å²) >= 11 is 3.31. The standard InChI is InChI=1S/C21H19BrN2O7S/c1-4-30-21(26)20-17(12-19(25)24(23-20)15-7-5-6-14(22)11-15)31-32(27,28)18-10-13(2)8-9-16(18)29-3/h5-12H,4H2,1-3H3. The molecule has 0 spiro atoms. The van der Waals surface area contributed by atoms with Crippen LogP contribution in [0.3, 0.4) is 0 Å². The van der Waals surface area contributed by atoms with Crippen molar-refractivity contribution in [3.05, 3.63) is 74.6 Å². The van der Waals surface area contributed by atoms with Crippen LogP contribution in [-0.2, 0) is 14.9 Å². The van der Waals surface area contributed by atoms with Crippen LogP contribution in [0.5, 0.6) is 11.5 Å². The highest BCUT2D eigenvalue weighted by molar-refractivity contribution is 9.10. The average Bonchev–Trinajstić information content (AvgIpc) is 2.73. The Balaban J connectivity index is 2.16. The van der Waals surface area contributed by atoms with E-state index in [0.717, 1.165) is 10.7 Å². The average molecular weight is 523 g/mol. The van der Waals surface area contributed by atoms with E-state index in [0.29, 0.717) is 15.7 Å². The molecule has 0 radical (unpaired) electrons. The topological polar surface area (TPSA) is 114 Å². The first-order chi connectivity index (χ1) is 15.2. The van der Waals surface area contributed by atoms with Crippen LogP contribution < -0.4 is 14.5 Å². The van der Waals surface area contributed by atoms with E-state index in [4.69, 9.17) is 13.7 Å². The molecule has 0 fully saturated rings. The van der Waals surface area contributed by atoms with Crippen molar-refractivity contribution in [1.82, 2.24) is 9.78 Å². The fourth-order valence-electron chi connectivity index (χ4n) is 2.78. The van der Waals surface area contributed by atoms with Crippen molar-refractivity contribution in [1.29, 1.82) is 0 Å². The molecule has 0 amide bonds. The molecule has 3 aromatic rings. The zero-order valence-electron chi connectivity index (χ0n) is 17.4. The molecule has 0 saturated heterocycles. The van der Waals surface area contributed by atoms with Crippen LogP contribution in [0.1, 0.15) is 23.0 Å². The van der Waals surface area contributed by atoms with Gasteiger partial charge < -0.3 is 13.7 Å². The van der Waals surface area contributed by atoms with Gasteiger partial charge in [-0.3, -0.25) is 4.79 Å². The Morgan fingerprint density at radius 1 is 1.12 bits per heavy atom. The van der Waals surface area contributed by atoms with Gasteiger partial charge in [0.1, 0.15) is 10.6 Å². The van der Waals surface area contributed by atoms with E-state index in [2.05, 4.69) is 21.0 Å². The maximum absolute atomic E-state index is 13.0. The van der Waals surface area contributed by atoms with Gasteiger partial charge in [0, 0.05) is 4.47 Å². The van der Waals surface area contributed by atoms with E-state index in [-0.39, 0.29) is 17.3 Å². The molecule has 0 saturated carbocycles. The summed E-state index contributed by atoms with van der Waals surface area (Å²) in [5.74, 6) is -1.45. The molecule has 0 aliphatic rings. The molecule has 11 heteroatoms. The van der Waals surface area contributed by atoms with Gasteiger partial charge in [0.15, 0.2) is 5.75 Å². The van der Waals surface area contributed by atoms with Gasteiger partial charge in [-0.15, -0.1) is 0 Å². The van der Waals surface area contributed by atoms with Crippen LogP contribution in [-0.4, -0.2) is 37.9 Å². The van der Waals surface area contributed by atoms with Crippen LogP contribution in [0.15, 0.2) is 62.7 Å². The third-order valence-electron chi connectivity index (χ3n) is 4.21. The molecule has 3 rings (SSSR count). The lowest BCUT2D eigenvalue weighted by molar-refractivity contribution is 0.0515. The monoisotopic (exact) mass is 522 g/mol. The number of benzene rings is 2. The van der Waals surface area contributed by atoms with E-state index in [1.807, 2.05) is 0 Å². The molecule has 0 unspecified atom stereocenters. The number of esters is 1. The van der Waals surface area contributed by atoms with Crippen molar-refractivity contribution in [2.75, 3.05) is 13.7 Å². The first-order valence-corrected chi connectivity index (χ1v) is 11.5. The predicted molar refractivity (Wildman–Crippen MR) is 119 cm³/mol. The predicted octanol–water partition coefficient (Wildman–Crippen LogP) is 3.26. The van der Waals surface area contributed by atoms with Crippen molar-refractivity contribution in [2.24, 2.45) is 0 Å². The Morgan fingerprint density at radius 3 is 2.53 bits per heavy atom. The maximum atomic E-state index is 13.0. The number of carbonyl (C=O) groups excluding carboxylic acids is 1. The zero-order valence-corrected chi connectivity index (χ0v) is 19.8. The summed E-state index contributed by atoms with van der Waals surface area (Å²) in [5, 5.41) is 4.03. The van der Waals surface area contributed by atoms with Crippen molar-refractivity contribution in [2.45, 2.75) is 18.7 Å². The normalized spacial score (nSPS) is 11.1. The molecule has 168 valence electrons. The highest BCUT2D eigenvalue weighted by Crippen LogP contribution is 2.29. The summed E-state index contributed by atoms with van der Waals surface area (Å²) in [5.41, 5.74) is -0.189. The van der Waals surface area contributed by atoms with Gasteiger partial charge in [-0.2, -0.15) is 18.2 Å². The lowest BCUT2D eigenvalue weighted by atomic mass is 10.2. The Labute approximate surface area is 192 Å². The van der Waals surface area contributed by atoms with Crippen molar-refractivity contribution >= 4 is 32.0 Å². The first kappa shape index (κ1) is 23.5. The maximum Gasteiger partial charge on any atom is 0.362 e. The molecular weight excluding hydrogens is 504 g/mol. The van der Waals surface area contributed by atoms with Crippen molar-refractivity contribution in [3.8, 4) is 17.2 Å². The first-order valence-electron chi connectivity index (χ1n) is 9.33. The third kappa shape index (κ3) is 5.00. The van der Waals surface area contributed by atoms with Crippen LogP contribution >= 0.6 is 15.9 Å². The lowest BCUT2D eigenvalue weighted by Gasteiger charge is -2.14. The van der Waals surface area contributed by atoms with Crippen LogP contribution in [0, 0.1) is 6.92 Å². The number of carbonyl (C=O) groups is 1. The number of halogens is 1. The minimum atomic E-state index is -4.48. The molecule has 0 aliphatic carbocycles. The quantitative estimate of drug-likeness (QED) is 0.343. The van der Waals surface area contributed by atoms with E-state index >= 15 is 0 Å². The second kappa shape index (κ2) is 9.53. The molecule has 9 nitrogen and oxygen atoms in total. The number of hydrogen-bond donors (Lipinski definition) is 0. The minimum Gasteiger partial charge on any atom is -0.495 e. The van der Waals surface area contributed by atoms with Gasteiger partial charge in [0.05, 0.1) is 25.5 Å². The molecule has 32 heavy (non-hydrogen) atoms. The summed E-state index contributed by atoms with van der Waals surface area (Å²) in [6.07, 6.45) is 0. The van der Waals surface area contributed by atoms with Gasteiger partial charge >= 0.3 is 16.1 Å². The Morgan fingerprint density at radius 2 is 1.88 bits per heavy atom. The highest BCUT2D eigenvalue weighted by atomic mass is 79.9. The fraction of sp³-hybridized carbons (Fsp3) is 0.190. The van der Waals surface area contributed by atoms with E-state index in [9.17, 15) is 18.0 Å². The number of rotatable bonds is 7. The van der Waals surface area contributed by atoms with Crippen LogP contribution in [0.4, 0.5) is 0 Å². The molecule has 0 N–H and O–H groups in total. The largest absolute Gasteiger partial charge is 0.495 e. The van der Waals surface area contributed by atoms with E-state index in [1.54, 1.807) is 44.2 Å². The van der Waals surface area contributed by atoms with Crippen LogP contribution in [0.2, 0.25) is 0 Å². The molecule has 1 heterocycles. The van der Waals surface area contributed by atoms with Gasteiger partial charge in [-0.1, -0.05) is 28.1 Å². The van der Waals surface area contributed by atoms with Crippen molar-refractivity contribution in [3.63, 3.8) is 0 Å². The van der Waals surface area contributed by atoms with Gasteiger partial charge in [-0.05, 0) is 49.7 Å². The lowest BCUT2D eigenvalue weighted by Crippen LogP contribution is -2.26. The number of hydrogen-bond acceptors (Lipinski definition) is 8. The van der Waals surface area contributed by atoms with Crippen molar-refractivity contribution < 1.29 is 26.9 Å². The SMILES string of the molecule is CCOC(=O)c1nn(-c2cccc(Br)c2)c(=O)cc1OS(=O)(=O)c1cc(C)ccc1OC. The molecule has 0 atom stereocenters. The Bertz CT molecular complexity index is 1340. The number of methoxy groups -OCH3 is 1. The van der Waals surface area contributed by atoms with Gasteiger partial charge in [0.25, 0.3) is 5.56 Å². The molecule has 2 aromatic carbocycles. The number of ether oxygens (including phenoxy) is 2. The number of aromatic nitrogens is 2. The second-order valence-electron chi connectivity index (χ2n) is 6.50. The molecule has 0 aliphatic heterocycles. The Hall–Kier alpha value is -3.18. The zero-order chi connectivity index (χ0) is 23.5. The molecule has 0 bridgehead atoms. The molecular formula is C21H19BrN2O7S. The summed E-state index contributed by atoms with van der Waals surface area (Å²) in [6, 6.07) is 12.0. The number of aryl methyl sites for hydroxylation is 1. The smallest absolute Gasteiger partial charge is 0.362 e. The number of nitrogens with zero attached hydrogens (tertiary/aromatic N) is 2.